The fourth-order valence-electron chi connectivity index (χ4n) is 3.11. The van der Waals surface area contributed by atoms with Crippen LogP contribution in [0.25, 0.3) is 0 Å². The highest BCUT2D eigenvalue weighted by molar-refractivity contribution is 5.75. The van der Waals surface area contributed by atoms with Crippen LogP contribution in [0, 0.1) is 0 Å². The number of nitrogens with zero attached hydrogens (tertiary/aromatic N) is 3. The van der Waals surface area contributed by atoms with E-state index in [1.807, 2.05) is 6.07 Å². The monoisotopic (exact) mass is 360 g/mol. The van der Waals surface area contributed by atoms with E-state index in [2.05, 4.69) is 10.4 Å². The number of ether oxygens (including phenoxy) is 2. The van der Waals surface area contributed by atoms with Crippen molar-refractivity contribution in [3.05, 3.63) is 40.1 Å². The van der Waals surface area contributed by atoms with Crippen LogP contribution in [-0.4, -0.2) is 34.5 Å². The zero-order chi connectivity index (χ0) is 18.5. The average molecular weight is 360 g/mol. The minimum absolute atomic E-state index is 0.0860. The second-order valence-electron chi connectivity index (χ2n) is 6.27. The van der Waals surface area contributed by atoms with E-state index in [4.69, 9.17) is 9.47 Å². The fraction of sp³-hybridized carbons (Fsp3) is 0.500. The first-order chi connectivity index (χ1) is 12.6. The van der Waals surface area contributed by atoms with Crippen molar-refractivity contribution in [2.75, 3.05) is 14.2 Å². The molecule has 1 N–H and O–H groups in total. The highest BCUT2D eigenvalue weighted by atomic mass is 16.5. The highest BCUT2D eigenvalue weighted by Gasteiger charge is 2.17. The van der Waals surface area contributed by atoms with Crippen molar-refractivity contribution < 1.29 is 14.3 Å². The Labute approximate surface area is 151 Å². The van der Waals surface area contributed by atoms with Crippen molar-refractivity contribution in [2.24, 2.45) is 0 Å². The second-order valence-corrected chi connectivity index (χ2v) is 6.27. The third-order valence-electron chi connectivity index (χ3n) is 4.55. The van der Waals surface area contributed by atoms with Crippen LogP contribution in [0.4, 0.5) is 0 Å². The minimum atomic E-state index is -0.266. The molecule has 8 heteroatoms. The van der Waals surface area contributed by atoms with Crippen molar-refractivity contribution in [1.29, 1.82) is 0 Å². The third kappa shape index (κ3) is 3.89. The van der Waals surface area contributed by atoms with E-state index in [0.717, 1.165) is 37.1 Å². The molecule has 0 spiro atoms. The SMILES string of the molecule is COc1ccc(CNC(=O)Cn2nc3n(c2=O)CCCCC3)c(OC)c1. The molecule has 0 atom stereocenters. The first-order valence-electron chi connectivity index (χ1n) is 8.76. The van der Waals surface area contributed by atoms with Gasteiger partial charge in [0.1, 0.15) is 23.9 Å². The molecule has 0 fully saturated rings. The van der Waals surface area contributed by atoms with Crippen molar-refractivity contribution in [1.82, 2.24) is 19.7 Å². The molecule has 2 heterocycles. The Kier molecular flexibility index (Phi) is 5.60. The van der Waals surface area contributed by atoms with Gasteiger partial charge in [0, 0.05) is 31.1 Å². The molecule has 0 aliphatic carbocycles. The summed E-state index contributed by atoms with van der Waals surface area (Å²) in [4.78, 5) is 24.7. The van der Waals surface area contributed by atoms with Gasteiger partial charge in [-0.1, -0.05) is 6.42 Å². The van der Waals surface area contributed by atoms with E-state index in [1.165, 1.54) is 4.68 Å². The molecule has 1 aliphatic rings. The lowest BCUT2D eigenvalue weighted by atomic mass is 10.2. The molecule has 1 amide bonds. The van der Waals surface area contributed by atoms with Gasteiger partial charge in [0.25, 0.3) is 0 Å². The van der Waals surface area contributed by atoms with Crippen LogP contribution in [0.5, 0.6) is 11.5 Å². The summed E-state index contributed by atoms with van der Waals surface area (Å²) in [6, 6.07) is 5.41. The number of aromatic nitrogens is 3. The molecule has 0 saturated carbocycles. The molecule has 1 aromatic carbocycles. The molecular weight excluding hydrogens is 336 g/mol. The molecule has 0 saturated heterocycles. The maximum absolute atomic E-state index is 12.4. The predicted octanol–water partition coefficient (Wildman–Crippen LogP) is 1.10. The largest absolute Gasteiger partial charge is 0.497 e. The number of fused-ring (bicyclic) bond motifs is 1. The summed E-state index contributed by atoms with van der Waals surface area (Å²) in [7, 11) is 3.15. The van der Waals surface area contributed by atoms with Crippen molar-refractivity contribution >= 4 is 5.91 Å². The third-order valence-corrected chi connectivity index (χ3v) is 4.55. The van der Waals surface area contributed by atoms with E-state index < -0.39 is 0 Å². The zero-order valence-electron chi connectivity index (χ0n) is 15.2. The molecule has 1 aliphatic heterocycles. The highest BCUT2D eigenvalue weighted by Crippen LogP contribution is 2.24. The number of rotatable bonds is 6. The number of methoxy groups -OCH3 is 2. The average Bonchev–Trinajstić information content (AvgIpc) is 2.82. The van der Waals surface area contributed by atoms with Gasteiger partial charge in [-0.3, -0.25) is 9.36 Å². The van der Waals surface area contributed by atoms with Gasteiger partial charge in [0.15, 0.2) is 0 Å². The van der Waals surface area contributed by atoms with Crippen LogP contribution in [0.2, 0.25) is 0 Å². The van der Waals surface area contributed by atoms with E-state index >= 15 is 0 Å². The summed E-state index contributed by atoms with van der Waals surface area (Å²) in [5.74, 6) is 1.83. The summed E-state index contributed by atoms with van der Waals surface area (Å²) in [6.07, 6.45) is 3.89. The molecule has 140 valence electrons. The summed E-state index contributed by atoms with van der Waals surface area (Å²) in [6.45, 7) is 0.893. The van der Waals surface area contributed by atoms with Crippen molar-refractivity contribution in [3.63, 3.8) is 0 Å². The number of hydrogen-bond acceptors (Lipinski definition) is 5. The smallest absolute Gasteiger partial charge is 0.346 e. The Morgan fingerprint density at radius 3 is 2.85 bits per heavy atom. The fourth-order valence-corrected chi connectivity index (χ4v) is 3.11. The number of aryl methyl sites for hydroxylation is 1. The number of benzene rings is 1. The predicted molar refractivity (Wildman–Crippen MR) is 95.4 cm³/mol. The Hall–Kier alpha value is -2.77. The van der Waals surface area contributed by atoms with Crippen molar-refractivity contribution in [2.45, 2.75) is 45.3 Å². The molecule has 0 unspecified atom stereocenters. The van der Waals surface area contributed by atoms with Gasteiger partial charge in [-0.25, -0.2) is 9.48 Å². The second kappa shape index (κ2) is 8.07. The van der Waals surface area contributed by atoms with Gasteiger partial charge in [0.2, 0.25) is 5.91 Å². The van der Waals surface area contributed by atoms with Crippen LogP contribution in [-0.2, 0) is 30.8 Å². The first kappa shape index (κ1) is 18.0. The Bertz CT molecular complexity index is 840. The molecule has 26 heavy (non-hydrogen) atoms. The Morgan fingerprint density at radius 2 is 2.08 bits per heavy atom. The normalized spacial score (nSPS) is 13.6. The van der Waals surface area contributed by atoms with Crippen LogP contribution in [0.15, 0.2) is 23.0 Å². The maximum atomic E-state index is 12.4. The molecule has 8 nitrogen and oxygen atoms in total. The van der Waals surface area contributed by atoms with Crippen LogP contribution in [0.1, 0.15) is 30.7 Å². The van der Waals surface area contributed by atoms with Gasteiger partial charge in [-0.2, -0.15) is 5.10 Å². The summed E-state index contributed by atoms with van der Waals surface area (Å²) in [5.41, 5.74) is 0.619. The molecule has 0 radical (unpaired) electrons. The lowest BCUT2D eigenvalue weighted by molar-refractivity contribution is -0.122. The quantitative estimate of drug-likeness (QED) is 0.834. The van der Waals surface area contributed by atoms with Crippen molar-refractivity contribution in [3.8, 4) is 11.5 Å². The first-order valence-corrected chi connectivity index (χ1v) is 8.76. The number of amides is 1. The van der Waals surface area contributed by atoms with E-state index in [1.54, 1.807) is 30.9 Å². The lowest BCUT2D eigenvalue weighted by Gasteiger charge is -2.11. The molecule has 3 rings (SSSR count). The molecule has 0 bridgehead atoms. The number of nitrogens with one attached hydrogen (secondary N) is 1. The number of carbonyl (C=O) groups is 1. The Morgan fingerprint density at radius 1 is 1.23 bits per heavy atom. The van der Waals surface area contributed by atoms with Crippen LogP contribution >= 0.6 is 0 Å². The van der Waals surface area contributed by atoms with Gasteiger partial charge in [0.05, 0.1) is 14.2 Å². The summed E-state index contributed by atoms with van der Waals surface area (Å²) in [5, 5.41) is 7.14. The summed E-state index contributed by atoms with van der Waals surface area (Å²) < 4.78 is 13.4. The molecule has 2 aromatic rings. The van der Waals surface area contributed by atoms with Gasteiger partial charge >= 0.3 is 5.69 Å². The lowest BCUT2D eigenvalue weighted by Crippen LogP contribution is -2.33. The van der Waals surface area contributed by atoms with E-state index in [0.29, 0.717) is 24.6 Å². The van der Waals surface area contributed by atoms with Crippen LogP contribution in [0.3, 0.4) is 0 Å². The van der Waals surface area contributed by atoms with Gasteiger partial charge < -0.3 is 14.8 Å². The topological polar surface area (TPSA) is 87.4 Å². The molecule has 1 aromatic heterocycles. The number of hydrogen-bond donors (Lipinski definition) is 1. The standard InChI is InChI=1S/C18H24N4O4/c1-25-14-8-7-13(15(10-14)26-2)11-19-17(23)12-22-18(24)21-9-5-3-4-6-16(21)20-22/h7-8,10H,3-6,9,11-12H2,1-2H3,(H,19,23). The van der Waals surface area contributed by atoms with Crippen LogP contribution < -0.4 is 20.5 Å². The number of carbonyl (C=O) groups excluding carboxylic acids is 1. The minimum Gasteiger partial charge on any atom is -0.497 e. The molecular formula is C18H24N4O4. The van der Waals surface area contributed by atoms with Gasteiger partial charge in [-0.15, -0.1) is 0 Å². The van der Waals surface area contributed by atoms with E-state index in [-0.39, 0.29) is 18.1 Å². The zero-order valence-corrected chi connectivity index (χ0v) is 15.2. The van der Waals surface area contributed by atoms with Gasteiger partial charge in [-0.05, 0) is 25.0 Å². The maximum Gasteiger partial charge on any atom is 0.346 e. The summed E-state index contributed by atoms with van der Waals surface area (Å²) >= 11 is 0. The Balaban J connectivity index is 1.64. The van der Waals surface area contributed by atoms with E-state index in [9.17, 15) is 9.59 Å².